The minimum absolute atomic E-state index is 0.0356. The Balaban J connectivity index is 1.35. The van der Waals surface area contributed by atoms with E-state index in [1.165, 1.54) is 18.2 Å². The van der Waals surface area contributed by atoms with Crippen LogP contribution in [0.1, 0.15) is 26.7 Å². The topological polar surface area (TPSA) is 82.1 Å². The maximum Gasteiger partial charge on any atom is 0.286 e. The second kappa shape index (κ2) is 8.54. The van der Waals surface area contributed by atoms with Gasteiger partial charge in [0.2, 0.25) is 5.91 Å². The summed E-state index contributed by atoms with van der Waals surface area (Å²) < 4.78 is 42.0. The van der Waals surface area contributed by atoms with Gasteiger partial charge in [0.05, 0.1) is 5.69 Å². The number of carbonyl (C=O) groups is 1. The number of fused-ring (bicyclic) bond motifs is 1. The molecule has 2 heterocycles. The molecule has 0 saturated carbocycles. The minimum atomic E-state index is -3.75. The van der Waals surface area contributed by atoms with E-state index in [0.717, 1.165) is 5.69 Å². The molecule has 2 aromatic rings. The Kier molecular flexibility index (Phi) is 5.94. The van der Waals surface area contributed by atoms with Crippen LogP contribution >= 0.6 is 0 Å². The fourth-order valence-electron chi connectivity index (χ4n) is 4.15. The van der Waals surface area contributed by atoms with Crippen molar-refractivity contribution in [2.45, 2.75) is 31.6 Å². The largest absolute Gasteiger partial charge is 0.368 e. The molecule has 0 aliphatic carbocycles. The molecule has 0 bridgehead atoms. The molecule has 2 aliphatic heterocycles. The lowest BCUT2D eigenvalue weighted by Crippen LogP contribution is -2.49. The molecular formula is C23H27FN4O3S. The number of amides is 1. The second-order valence-electron chi connectivity index (χ2n) is 9.00. The third-order valence-electron chi connectivity index (χ3n) is 5.77. The molecule has 170 valence electrons. The predicted molar refractivity (Wildman–Crippen MR) is 123 cm³/mol. The zero-order valence-electron chi connectivity index (χ0n) is 18.2. The maximum atomic E-state index is 13.1. The number of amidine groups is 1. The molecule has 1 amide bonds. The van der Waals surface area contributed by atoms with Crippen LogP contribution in [0.15, 0.2) is 57.8 Å². The van der Waals surface area contributed by atoms with Crippen molar-refractivity contribution >= 4 is 33.1 Å². The smallest absolute Gasteiger partial charge is 0.286 e. The number of para-hydroxylation sites is 1. The number of anilines is 2. The van der Waals surface area contributed by atoms with Crippen LogP contribution in [-0.4, -0.2) is 51.2 Å². The number of benzene rings is 2. The van der Waals surface area contributed by atoms with Crippen molar-refractivity contribution in [3.8, 4) is 0 Å². The van der Waals surface area contributed by atoms with Gasteiger partial charge in [-0.1, -0.05) is 26.0 Å². The van der Waals surface area contributed by atoms with Gasteiger partial charge in [-0.3, -0.25) is 4.79 Å². The summed E-state index contributed by atoms with van der Waals surface area (Å²) in [5.74, 6) is 0.120. The lowest BCUT2D eigenvalue weighted by atomic mass is 9.84. The number of hydrogen-bond donors (Lipinski definition) is 1. The van der Waals surface area contributed by atoms with Crippen LogP contribution in [-0.2, 0) is 14.8 Å². The number of piperazine rings is 1. The number of halogens is 1. The highest BCUT2D eigenvalue weighted by molar-refractivity contribution is 7.90. The zero-order chi connectivity index (χ0) is 22.9. The normalized spacial score (nSPS) is 17.9. The van der Waals surface area contributed by atoms with E-state index < -0.39 is 15.4 Å². The molecule has 1 saturated heterocycles. The first-order valence-electron chi connectivity index (χ1n) is 10.6. The highest BCUT2D eigenvalue weighted by Gasteiger charge is 2.32. The van der Waals surface area contributed by atoms with Crippen LogP contribution in [0.5, 0.6) is 0 Å². The third-order valence-corrected chi connectivity index (χ3v) is 7.15. The summed E-state index contributed by atoms with van der Waals surface area (Å²) in [7, 11) is -3.75. The lowest BCUT2D eigenvalue weighted by Gasteiger charge is -2.37. The summed E-state index contributed by atoms with van der Waals surface area (Å²) in [6.45, 7) is 6.43. The van der Waals surface area contributed by atoms with E-state index in [1.807, 2.05) is 18.7 Å². The Labute approximate surface area is 188 Å². The molecule has 32 heavy (non-hydrogen) atoms. The molecule has 2 aromatic carbocycles. The Morgan fingerprint density at radius 3 is 2.41 bits per heavy atom. The van der Waals surface area contributed by atoms with Gasteiger partial charge >= 0.3 is 0 Å². The molecular weight excluding hydrogens is 431 g/mol. The standard InChI is InChI=1S/C23H27FN4O3S/c1-23(2,15-21-25-19-5-3-4-6-20(19)32(30,31)26-21)16-22(29)28-13-11-27(12-14-28)18-9-7-17(24)8-10-18/h3-10H,11-16H2,1-2H3,(H,25,26). The summed E-state index contributed by atoms with van der Waals surface area (Å²) in [6, 6.07) is 13.0. The highest BCUT2D eigenvalue weighted by atomic mass is 32.2. The van der Waals surface area contributed by atoms with Crippen molar-refractivity contribution in [2.24, 2.45) is 9.81 Å². The summed E-state index contributed by atoms with van der Waals surface area (Å²) in [4.78, 5) is 17.1. The number of carbonyl (C=O) groups excluding carboxylic acids is 1. The molecule has 4 rings (SSSR count). The number of sulfonamides is 1. The number of nitrogens with one attached hydrogen (secondary N) is 1. The molecule has 0 unspecified atom stereocenters. The van der Waals surface area contributed by atoms with E-state index in [4.69, 9.17) is 0 Å². The number of rotatable bonds is 5. The van der Waals surface area contributed by atoms with Gasteiger partial charge in [-0.2, -0.15) is 8.42 Å². The molecule has 0 atom stereocenters. The molecule has 9 heteroatoms. The van der Waals surface area contributed by atoms with E-state index in [2.05, 4.69) is 14.6 Å². The van der Waals surface area contributed by atoms with Gasteiger partial charge in [0.25, 0.3) is 10.0 Å². The van der Waals surface area contributed by atoms with Gasteiger partial charge in [-0.15, -0.1) is 4.40 Å². The molecule has 1 fully saturated rings. The van der Waals surface area contributed by atoms with E-state index in [9.17, 15) is 17.6 Å². The van der Waals surface area contributed by atoms with Crippen molar-refractivity contribution in [1.82, 2.24) is 4.90 Å². The van der Waals surface area contributed by atoms with Gasteiger partial charge < -0.3 is 15.1 Å². The molecule has 1 N–H and O–H groups in total. The maximum absolute atomic E-state index is 13.1. The van der Waals surface area contributed by atoms with Gasteiger partial charge in [0, 0.05) is 44.7 Å². The van der Waals surface area contributed by atoms with Crippen LogP contribution in [0, 0.1) is 11.2 Å². The van der Waals surface area contributed by atoms with Crippen molar-refractivity contribution in [3.05, 3.63) is 54.3 Å². The van der Waals surface area contributed by atoms with Crippen LogP contribution < -0.4 is 10.2 Å². The monoisotopic (exact) mass is 458 g/mol. The number of hydrogen-bond acceptors (Lipinski definition) is 5. The minimum Gasteiger partial charge on any atom is -0.368 e. The van der Waals surface area contributed by atoms with Gasteiger partial charge in [-0.05, 0) is 41.8 Å². The predicted octanol–water partition coefficient (Wildman–Crippen LogP) is 3.49. The van der Waals surface area contributed by atoms with E-state index >= 15 is 0 Å². The zero-order valence-corrected chi connectivity index (χ0v) is 19.0. The van der Waals surface area contributed by atoms with Crippen LogP contribution in [0.3, 0.4) is 0 Å². The van der Waals surface area contributed by atoms with Crippen LogP contribution in [0.2, 0.25) is 0 Å². The molecule has 0 spiro atoms. The Morgan fingerprint density at radius 2 is 1.72 bits per heavy atom. The third kappa shape index (κ3) is 4.93. The highest BCUT2D eigenvalue weighted by Crippen LogP contribution is 2.32. The summed E-state index contributed by atoms with van der Waals surface area (Å²) in [5.41, 5.74) is 0.983. The van der Waals surface area contributed by atoms with Crippen molar-refractivity contribution in [2.75, 3.05) is 36.4 Å². The van der Waals surface area contributed by atoms with Crippen molar-refractivity contribution in [3.63, 3.8) is 0 Å². The van der Waals surface area contributed by atoms with Crippen LogP contribution in [0.25, 0.3) is 0 Å². The van der Waals surface area contributed by atoms with E-state index in [1.54, 1.807) is 30.3 Å². The first-order chi connectivity index (χ1) is 15.1. The summed E-state index contributed by atoms with van der Waals surface area (Å²) >= 11 is 0. The quantitative estimate of drug-likeness (QED) is 0.742. The fraction of sp³-hybridized carbons (Fsp3) is 0.391. The van der Waals surface area contributed by atoms with E-state index in [0.29, 0.717) is 44.1 Å². The van der Waals surface area contributed by atoms with Crippen molar-refractivity contribution < 1.29 is 17.6 Å². The second-order valence-corrected chi connectivity index (χ2v) is 10.6. The Bertz CT molecular complexity index is 1140. The number of nitrogens with zero attached hydrogens (tertiary/aromatic N) is 3. The van der Waals surface area contributed by atoms with Gasteiger partial charge in [-0.25, -0.2) is 4.39 Å². The van der Waals surface area contributed by atoms with E-state index in [-0.39, 0.29) is 23.0 Å². The van der Waals surface area contributed by atoms with Gasteiger partial charge in [0.1, 0.15) is 16.5 Å². The SMILES string of the molecule is CC(C)(CC(=O)N1CCN(c2ccc(F)cc2)CC1)CC1=NS(=O)(=O)c2ccccc2N1. The first kappa shape index (κ1) is 22.3. The summed E-state index contributed by atoms with van der Waals surface area (Å²) in [6.07, 6.45) is 0.619. The Hall–Kier alpha value is -2.94. The van der Waals surface area contributed by atoms with Gasteiger partial charge in [0.15, 0.2) is 0 Å². The average Bonchev–Trinajstić information content (AvgIpc) is 2.73. The lowest BCUT2D eigenvalue weighted by molar-refractivity contribution is -0.133. The average molecular weight is 459 g/mol. The molecule has 7 nitrogen and oxygen atoms in total. The summed E-state index contributed by atoms with van der Waals surface area (Å²) in [5, 5.41) is 3.10. The molecule has 0 aromatic heterocycles. The first-order valence-corrected chi connectivity index (χ1v) is 12.1. The molecule has 2 aliphatic rings. The van der Waals surface area contributed by atoms with Crippen LogP contribution in [0.4, 0.5) is 15.8 Å². The van der Waals surface area contributed by atoms with Crippen molar-refractivity contribution in [1.29, 1.82) is 0 Å². The fourth-order valence-corrected chi connectivity index (χ4v) is 5.29. The molecule has 0 radical (unpaired) electrons. The Morgan fingerprint density at radius 1 is 1.06 bits per heavy atom.